The Hall–Kier alpha value is -3.15. The van der Waals surface area contributed by atoms with Gasteiger partial charge in [0.25, 0.3) is 0 Å². The molecule has 0 radical (unpaired) electrons. The fourth-order valence-electron chi connectivity index (χ4n) is 2.97. The predicted molar refractivity (Wildman–Crippen MR) is 90.4 cm³/mol. The Balaban J connectivity index is 1.98. The third-order valence-electron chi connectivity index (χ3n) is 4.13. The quantitative estimate of drug-likeness (QED) is 0.319. The van der Waals surface area contributed by atoms with Crippen LogP contribution < -0.4 is 5.43 Å². The van der Waals surface area contributed by atoms with Crippen LogP contribution in [0.3, 0.4) is 0 Å². The molecule has 0 aliphatic carbocycles. The third-order valence-corrected chi connectivity index (χ3v) is 4.13. The van der Waals surface area contributed by atoms with Gasteiger partial charge in [-0.1, -0.05) is 30.3 Å². The maximum atomic E-state index is 13.6. The summed E-state index contributed by atoms with van der Waals surface area (Å²) in [6.07, 6.45) is -4.70. The molecule has 0 unspecified atom stereocenters. The Morgan fingerprint density at radius 3 is 2.42 bits per heavy atom. The summed E-state index contributed by atoms with van der Waals surface area (Å²) < 4.78 is 58.0. The SMILES string of the molecule is O=c1cc(-c2cc(F)cc(C(F)(F)F)c2)oc2ccc3ccccc3c12. The Labute approximate surface area is 144 Å². The van der Waals surface area contributed by atoms with E-state index in [1.54, 1.807) is 24.3 Å². The molecule has 0 bridgehead atoms. The Morgan fingerprint density at radius 1 is 0.885 bits per heavy atom. The lowest BCUT2D eigenvalue weighted by atomic mass is 10.0. The average Bonchev–Trinajstić information content (AvgIpc) is 2.60. The summed E-state index contributed by atoms with van der Waals surface area (Å²) in [4.78, 5) is 12.6. The van der Waals surface area contributed by atoms with Gasteiger partial charge in [-0.3, -0.25) is 4.79 Å². The molecule has 0 saturated heterocycles. The van der Waals surface area contributed by atoms with E-state index in [-0.39, 0.29) is 16.9 Å². The number of halogens is 4. The lowest BCUT2D eigenvalue weighted by molar-refractivity contribution is -0.137. The highest BCUT2D eigenvalue weighted by Crippen LogP contribution is 2.34. The van der Waals surface area contributed by atoms with E-state index < -0.39 is 23.0 Å². The van der Waals surface area contributed by atoms with Crippen LogP contribution in [0.5, 0.6) is 0 Å². The molecule has 1 heterocycles. The van der Waals surface area contributed by atoms with Crippen molar-refractivity contribution in [2.24, 2.45) is 0 Å². The van der Waals surface area contributed by atoms with Crippen LogP contribution in [-0.4, -0.2) is 0 Å². The molecule has 3 aromatic carbocycles. The van der Waals surface area contributed by atoms with Crippen LogP contribution in [0.15, 0.2) is 69.9 Å². The van der Waals surface area contributed by atoms with Crippen molar-refractivity contribution < 1.29 is 22.0 Å². The van der Waals surface area contributed by atoms with Crippen LogP contribution in [0.1, 0.15) is 5.56 Å². The van der Waals surface area contributed by atoms with E-state index in [4.69, 9.17) is 4.42 Å². The van der Waals surface area contributed by atoms with E-state index in [9.17, 15) is 22.4 Å². The van der Waals surface area contributed by atoms with Gasteiger partial charge in [0, 0.05) is 11.6 Å². The van der Waals surface area contributed by atoms with Crippen LogP contribution in [0.4, 0.5) is 17.6 Å². The second-order valence-corrected chi connectivity index (χ2v) is 5.86. The zero-order chi connectivity index (χ0) is 18.5. The van der Waals surface area contributed by atoms with Crippen LogP contribution in [-0.2, 0) is 6.18 Å². The summed E-state index contributed by atoms with van der Waals surface area (Å²) in [6, 6.07) is 13.7. The van der Waals surface area contributed by atoms with Crippen molar-refractivity contribution in [1.82, 2.24) is 0 Å². The van der Waals surface area contributed by atoms with E-state index in [0.717, 1.165) is 23.6 Å². The first kappa shape index (κ1) is 16.3. The highest BCUT2D eigenvalue weighted by atomic mass is 19.4. The van der Waals surface area contributed by atoms with E-state index in [0.29, 0.717) is 16.8 Å². The van der Waals surface area contributed by atoms with Gasteiger partial charge in [0.2, 0.25) is 0 Å². The molecular weight excluding hydrogens is 348 g/mol. The molecule has 0 aliphatic heterocycles. The summed E-state index contributed by atoms with van der Waals surface area (Å²) in [5.41, 5.74) is -1.47. The largest absolute Gasteiger partial charge is 0.456 e. The van der Waals surface area contributed by atoms with Crippen molar-refractivity contribution in [3.8, 4) is 11.3 Å². The van der Waals surface area contributed by atoms with Gasteiger partial charge in [-0.15, -0.1) is 0 Å². The molecule has 130 valence electrons. The first-order chi connectivity index (χ1) is 12.3. The van der Waals surface area contributed by atoms with Gasteiger partial charge in [-0.25, -0.2) is 4.39 Å². The summed E-state index contributed by atoms with van der Waals surface area (Å²) in [6.45, 7) is 0. The van der Waals surface area contributed by atoms with Crippen LogP contribution in [0.25, 0.3) is 33.1 Å². The van der Waals surface area contributed by atoms with Crippen molar-refractivity contribution in [2.45, 2.75) is 6.18 Å². The van der Waals surface area contributed by atoms with Crippen LogP contribution in [0, 0.1) is 5.82 Å². The maximum absolute atomic E-state index is 13.6. The second kappa shape index (κ2) is 5.69. The van der Waals surface area contributed by atoms with Crippen molar-refractivity contribution >= 4 is 21.7 Å². The molecule has 26 heavy (non-hydrogen) atoms. The molecule has 0 fully saturated rings. The number of alkyl halides is 3. The van der Waals surface area contributed by atoms with Crippen molar-refractivity contribution in [2.75, 3.05) is 0 Å². The first-order valence-corrected chi connectivity index (χ1v) is 7.67. The van der Waals surface area contributed by atoms with Gasteiger partial charge < -0.3 is 4.42 Å². The standard InChI is InChI=1S/C20H10F4O2/c21-14-8-12(7-13(9-14)20(22,23)24)18-10-16(25)19-15-4-2-1-3-11(15)5-6-17(19)26-18/h1-10H. The number of hydrogen-bond donors (Lipinski definition) is 0. The fraction of sp³-hybridized carbons (Fsp3) is 0.0500. The number of hydrogen-bond acceptors (Lipinski definition) is 2. The summed E-state index contributed by atoms with van der Waals surface area (Å²) in [5.74, 6) is -1.18. The first-order valence-electron chi connectivity index (χ1n) is 7.67. The molecule has 0 amide bonds. The molecule has 0 spiro atoms. The van der Waals surface area contributed by atoms with E-state index >= 15 is 0 Å². The van der Waals surface area contributed by atoms with Gasteiger partial charge in [-0.05, 0) is 35.0 Å². The van der Waals surface area contributed by atoms with Gasteiger partial charge in [0.15, 0.2) is 5.43 Å². The summed E-state index contributed by atoms with van der Waals surface area (Å²) in [7, 11) is 0. The normalized spacial score (nSPS) is 12.0. The monoisotopic (exact) mass is 358 g/mol. The third kappa shape index (κ3) is 2.73. The lowest BCUT2D eigenvalue weighted by Gasteiger charge is -2.10. The predicted octanol–water partition coefficient (Wildman–Crippen LogP) is 5.77. The van der Waals surface area contributed by atoms with Crippen LogP contribution in [0.2, 0.25) is 0 Å². The van der Waals surface area contributed by atoms with Crippen molar-refractivity contribution in [1.29, 1.82) is 0 Å². The molecule has 0 saturated carbocycles. The minimum atomic E-state index is -4.70. The van der Waals surface area contributed by atoms with Gasteiger partial charge in [0.1, 0.15) is 17.2 Å². The van der Waals surface area contributed by atoms with Gasteiger partial charge >= 0.3 is 6.18 Å². The molecule has 1 aromatic heterocycles. The Bertz CT molecular complexity index is 1210. The summed E-state index contributed by atoms with van der Waals surface area (Å²) in [5, 5.41) is 1.85. The van der Waals surface area contributed by atoms with Crippen molar-refractivity contribution in [3.63, 3.8) is 0 Å². The van der Waals surface area contributed by atoms with E-state index in [1.807, 2.05) is 12.1 Å². The molecule has 4 aromatic rings. The lowest BCUT2D eigenvalue weighted by Crippen LogP contribution is -2.06. The van der Waals surface area contributed by atoms with E-state index in [2.05, 4.69) is 0 Å². The zero-order valence-electron chi connectivity index (χ0n) is 13.1. The number of rotatable bonds is 1. The minimum absolute atomic E-state index is 0.122. The molecule has 0 atom stereocenters. The zero-order valence-corrected chi connectivity index (χ0v) is 13.1. The Kier molecular flexibility index (Phi) is 3.57. The summed E-state index contributed by atoms with van der Waals surface area (Å²) >= 11 is 0. The molecule has 6 heteroatoms. The topological polar surface area (TPSA) is 30.2 Å². The second-order valence-electron chi connectivity index (χ2n) is 5.86. The average molecular weight is 358 g/mol. The number of benzene rings is 3. The maximum Gasteiger partial charge on any atom is 0.416 e. The molecule has 2 nitrogen and oxygen atoms in total. The molecular formula is C20H10F4O2. The molecule has 4 rings (SSSR count). The number of fused-ring (bicyclic) bond motifs is 3. The van der Waals surface area contributed by atoms with Gasteiger partial charge in [0.05, 0.1) is 10.9 Å². The molecule has 0 aliphatic rings. The minimum Gasteiger partial charge on any atom is -0.456 e. The fourth-order valence-corrected chi connectivity index (χ4v) is 2.97. The molecule has 0 N–H and O–H groups in total. The van der Waals surface area contributed by atoms with E-state index in [1.165, 1.54) is 0 Å². The highest BCUT2D eigenvalue weighted by molar-refractivity contribution is 6.05. The highest BCUT2D eigenvalue weighted by Gasteiger charge is 2.31. The van der Waals surface area contributed by atoms with Crippen molar-refractivity contribution in [3.05, 3.63) is 82.3 Å². The van der Waals surface area contributed by atoms with Gasteiger partial charge in [-0.2, -0.15) is 13.2 Å². The van der Waals surface area contributed by atoms with Crippen LogP contribution >= 0.6 is 0 Å². The Morgan fingerprint density at radius 2 is 1.65 bits per heavy atom. The smallest absolute Gasteiger partial charge is 0.416 e.